The number of imidazole rings is 1. The average Bonchev–Trinajstić information content (AvgIpc) is 2.76. The number of fused-ring (bicyclic) bond motifs is 1. The molecule has 1 unspecified atom stereocenters. The highest BCUT2D eigenvalue weighted by Gasteiger charge is 2.20. The van der Waals surface area contributed by atoms with Gasteiger partial charge < -0.3 is 9.47 Å². The predicted molar refractivity (Wildman–Crippen MR) is 79.5 cm³/mol. The summed E-state index contributed by atoms with van der Waals surface area (Å²) < 4.78 is 15.6. The molecule has 1 aromatic carbocycles. The standard InChI is InChI=1S/C15H19ClFN3/c1-19-6-2-3-11(9-19)10-20-14-7-12(17)4-5-13(14)18-15(20)8-16/h4-5,7,11H,2-3,6,8-10H2,1H3. The summed E-state index contributed by atoms with van der Waals surface area (Å²) in [6, 6.07) is 4.74. The van der Waals surface area contributed by atoms with Crippen LogP contribution in [0.2, 0.25) is 0 Å². The van der Waals surface area contributed by atoms with Crippen molar-refractivity contribution in [2.24, 2.45) is 5.92 Å². The number of hydrogen-bond donors (Lipinski definition) is 0. The first kappa shape index (κ1) is 13.8. The molecular weight excluding hydrogens is 277 g/mol. The van der Waals surface area contributed by atoms with Gasteiger partial charge in [0.25, 0.3) is 0 Å². The van der Waals surface area contributed by atoms with Gasteiger partial charge in [0.05, 0.1) is 16.9 Å². The lowest BCUT2D eigenvalue weighted by molar-refractivity contribution is 0.195. The Morgan fingerprint density at radius 1 is 1.45 bits per heavy atom. The summed E-state index contributed by atoms with van der Waals surface area (Å²) in [4.78, 5) is 6.86. The van der Waals surface area contributed by atoms with Gasteiger partial charge in [0.15, 0.2) is 0 Å². The first-order valence-electron chi connectivity index (χ1n) is 7.06. The molecule has 0 radical (unpaired) electrons. The van der Waals surface area contributed by atoms with Crippen LogP contribution >= 0.6 is 11.6 Å². The number of halogens is 2. The van der Waals surface area contributed by atoms with Crippen molar-refractivity contribution in [1.82, 2.24) is 14.5 Å². The van der Waals surface area contributed by atoms with Gasteiger partial charge in [0.1, 0.15) is 11.6 Å². The maximum absolute atomic E-state index is 13.5. The molecule has 1 atom stereocenters. The fourth-order valence-electron chi connectivity index (χ4n) is 3.13. The van der Waals surface area contributed by atoms with Crippen molar-refractivity contribution in [3.8, 4) is 0 Å². The molecule has 2 aromatic rings. The smallest absolute Gasteiger partial charge is 0.125 e. The Hall–Kier alpha value is -1.13. The largest absolute Gasteiger partial charge is 0.327 e. The van der Waals surface area contributed by atoms with Crippen LogP contribution in [-0.2, 0) is 12.4 Å². The average molecular weight is 296 g/mol. The van der Waals surface area contributed by atoms with Crippen molar-refractivity contribution in [2.75, 3.05) is 20.1 Å². The Morgan fingerprint density at radius 3 is 3.05 bits per heavy atom. The van der Waals surface area contributed by atoms with Gasteiger partial charge >= 0.3 is 0 Å². The Labute approximate surface area is 123 Å². The molecule has 1 aliphatic heterocycles. The van der Waals surface area contributed by atoms with Crippen LogP contribution in [0.25, 0.3) is 11.0 Å². The van der Waals surface area contributed by atoms with Crippen molar-refractivity contribution in [3.05, 3.63) is 29.8 Å². The highest BCUT2D eigenvalue weighted by Crippen LogP contribution is 2.23. The van der Waals surface area contributed by atoms with E-state index in [2.05, 4.69) is 21.5 Å². The van der Waals surface area contributed by atoms with Gasteiger partial charge in [-0.2, -0.15) is 0 Å². The Morgan fingerprint density at radius 2 is 2.30 bits per heavy atom. The molecule has 20 heavy (non-hydrogen) atoms. The Bertz CT molecular complexity index is 610. The minimum atomic E-state index is -0.222. The van der Waals surface area contributed by atoms with Crippen molar-refractivity contribution in [3.63, 3.8) is 0 Å². The van der Waals surface area contributed by atoms with Gasteiger partial charge in [-0.1, -0.05) is 0 Å². The zero-order chi connectivity index (χ0) is 14.1. The predicted octanol–water partition coefficient (Wildman–Crippen LogP) is 3.26. The maximum Gasteiger partial charge on any atom is 0.125 e. The van der Waals surface area contributed by atoms with E-state index >= 15 is 0 Å². The first-order valence-corrected chi connectivity index (χ1v) is 7.60. The minimum absolute atomic E-state index is 0.222. The quantitative estimate of drug-likeness (QED) is 0.811. The van der Waals surface area contributed by atoms with E-state index in [0.717, 1.165) is 36.5 Å². The number of piperidine rings is 1. The fraction of sp³-hybridized carbons (Fsp3) is 0.533. The highest BCUT2D eigenvalue weighted by atomic mass is 35.5. The number of hydrogen-bond acceptors (Lipinski definition) is 2. The lowest BCUT2D eigenvalue weighted by atomic mass is 9.98. The molecule has 3 rings (SSSR count). The zero-order valence-electron chi connectivity index (χ0n) is 11.6. The van der Waals surface area contributed by atoms with Crippen LogP contribution in [0.4, 0.5) is 4.39 Å². The van der Waals surface area contributed by atoms with Gasteiger partial charge in [-0.15, -0.1) is 11.6 Å². The second-order valence-corrected chi connectivity index (χ2v) is 5.94. The van der Waals surface area contributed by atoms with E-state index in [9.17, 15) is 4.39 Å². The van der Waals surface area contributed by atoms with Crippen molar-refractivity contribution in [2.45, 2.75) is 25.3 Å². The van der Waals surface area contributed by atoms with E-state index < -0.39 is 0 Å². The van der Waals surface area contributed by atoms with E-state index in [1.54, 1.807) is 12.1 Å². The molecule has 5 heteroatoms. The lowest BCUT2D eigenvalue weighted by Crippen LogP contribution is -2.34. The molecule has 108 valence electrons. The summed E-state index contributed by atoms with van der Waals surface area (Å²) in [5, 5.41) is 0. The van der Waals surface area contributed by atoms with Crippen LogP contribution in [0.1, 0.15) is 18.7 Å². The van der Waals surface area contributed by atoms with Gasteiger partial charge in [-0.05, 0) is 50.6 Å². The molecule has 0 N–H and O–H groups in total. The van der Waals surface area contributed by atoms with Crippen LogP contribution in [0, 0.1) is 11.7 Å². The molecule has 1 aliphatic rings. The third-order valence-corrected chi connectivity index (χ3v) is 4.31. The summed E-state index contributed by atoms with van der Waals surface area (Å²) in [5.41, 5.74) is 1.68. The van der Waals surface area contributed by atoms with Crippen LogP contribution < -0.4 is 0 Å². The van der Waals surface area contributed by atoms with Crippen LogP contribution in [-0.4, -0.2) is 34.6 Å². The minimum Gasteiger partial charge on any atom is -0.327 e. The Balaban J connectivity index is 1.94. The molecule has 1 saturated heterocycles. The monoisotopic (exact) mass is 295 g/mol. The van der Waals surface area contributed by atoms with E-state index in [1.807, 2.05) is 0 Å². The molecule has 1 aromatic heterocycles. The zero-order valence-corrected chi connectivity index (χ0v) is 12.4. The second kappa shape index (κ2) is 5.70. The van der Waals surface area contributed by atoms with Crippen LogP contribution in [0.3, 0.4) is 0 Å². The molecule has 0 bridgehead atoms. The van der Waals surface area contributed by atoms with Crippen LogP contribution in [0.5, 0.6) is 0 Å². The third kappa shape index (κ3) is 2.67. The van der Waals surface area contributed by atoms with E-state index in [-0.39, 0.29) is 5.82 Å². The third-order valence-electron chi connectivity index (χ3n) is 4.07. The number of likely N-dealkylation sites (tertiary alicyclic amines) is 1. The topological polar surface area (TPSA) is 21.1 Å². The number of rotatable bonds is 3. The summed E-state index contributed by atoms with van der Waals surface area (Å²) in [6.07, 6.45) is 2.43. The van der Waals surface area contributed by atoms with E-state index in [4.69, 9.17) is 11.6 Å². The molecule has 0 saturated carbocycles. The summed E-state index contributed by atoms with van der Waals surface area (Å²) in [7, 11) is 2.15. The van der Waals surface area contributed by atoms with Crippen molar-refractivity contribution in [1.29, 1.82) is 0 Å². The summed E-state index contributed by atoms with van der Waals surface area (Å²) in [6.45, 7) is 3.11. The number of aromatic nitrogens is 2. The summed E-state index contributed by atoms with van der Waals surface area (Å²) >= 11 is 6.00. The lowest BCUT2D eigenvalue weighted by Gasteiger charge is -2.30. The van der Waals surface area contributed by atoms with Crippen molar-refractivity contribution >= 4 is 22.6 Å². The SMILES string of the molecule is CN1CCCC(Cn2c(CCl)nc3ccc(F)cc32)C1. The normalized spacial score (nSPS) is 20.6. The van der Waals surface area contributed by atoms with E-state index in [0.29, 0.717) is 11.8 Å². The number of benzene rings is 1. The van der Waals surface area contributed by atoms with Crippen LogP contribution in [0.15, 0.2) is 18.2 Å². The molecule has 1 fully saturated rings. The highest BCUT2D eigenvalue weighted by molar-refractivity contribution is 6.16. The molecular formula is C15H19ClFN3. The van der Waals surface area contributed by atoms with Gasteiger partial charge in [-0.25, -0.2) is 9.37 Å². The maximum atomic E-state index is 13.5. The van der Waals surface area contributed by atoms with Crippen molar-refractivity contribution < 1.29 is 4.39 Å². The molecule has 2 heterocycles. The second-order valence-electron chi connectivity index (χ2n) is 5.68. The van der Waals surface area contributed by atoms with Gasteiger partial charge in [0.2, 0.25) is 0 Å². The molecule has 0 amide bonds. The number of nitrogens with zero attached hydrogens (tertiary/aromatic N) is 3. The van der Waals surface area contributed by atoms with Gasteiger partial charge in [0, 0.05) is 13.1 Å². The Kier molecular flexibility index (Phi) is 3.94. The first-order chi connectivity index (χ1) is 9.67. The molecule has 0 spiro atoms. The summed E-state index contributed by atoms with van der Waals surface area (Å²) in [5.74, 6) is 1.55. The molecule has 3 nitrogen and oxygen atoms in total. The number of alkyl halides is 1. The fourth-order valence-corrected chi connectivity index (χ4v) is 3.34. The van der Waals surface area contributed by atoms with Gasteiger partial charge in [-0.3, -0.25) is 0 Å². The van der Waals surface area contributed by atoms with E-state index in [1.165, 1.54) is 18.9 Å². The molecule has 0 aliphatic carbocycles.